The summed E-state index contributed by atoms with van der Waals surface area (Å²) in [5.74, 6) is -1.44. The third kappa shape index (κ3) is 3.74. The molecule has 0 bridgehead atoms. The minimum Gasteiger partial charge on any atom is -0.496 e. The number of ketones is 1. The summed E-state index contributed by atoms with van der Waals surface area (Å²) in [5.41, 5.74) is 2.20. The van der Waals surface area contributed by atoms with Crippen LogP contribution in [0.15, 0.2) is 36.4 Å². The van der Waals surface area contributed by atoms with E-state index in [9.17, 15) is 14.0 Å². The topological polar surface area (TPSA) is 52.6 Å². The van der Waals surface area contributed by atoms with Crippen molar-refractivity contribution in [1.29, 1.82) is 0 Å². The molecule has 2 aromatic rings. The first-order valence-corrected chi connectivity index (χ1v) is 7.04. The average Bonchev–Trinajstić information content (AvgIpc) is 2.54. The third-order valence-corrected chi connectivity index (χ3v) is 3.62. The van der Waals surface area contributed by atoms with Crippen molar-refractivity contribution in [3.63, 3.8) is 0 Å². The van der Waals surface area contributed by atoms with Crippen LogP contribution < -0.4 is 4.74 Å². The van der Waals surface area contributed by atoms with Gasteiger partial charge in [0.25, 0.3) is 0 Å². The monoisotopic (exact) mass is 316 g/mol. The third-order valence-electron chi connectivity index (χ3n) is 3.62. The number of hydrogen-bond acceptors (Lipinski definition) is 4. The number of benzene rings is 2. The number of Topliss-reactive ketones (excluding diaryl/α,β-unsaturated/α-hetero) is 1. The van der Waals surface area contributed by atoms with Crippen molar-refractivity contribution in [3.8, 4) is 5.75 Å². The Morgan fingerprint density at radius 1 is 1.09 bits per heavy atom. The van der Waals surface area contributed by atoms with Crippen LogP contribution in [0.2, 0.25) is 0 Å². The van der Waals surface area contributed by atoms with E-state index in [1.807, 2.05) is 19.9 Å². The van der Waals surface area contributed by atoms with Crippen LogP contribution in [0.5, 0.6) is 5.75 Å². The molecule has 0 heterocycles. The van der Waals surface area contributed by atoms with Gasteiger partial charge in [-0.2, -0.15) is 0 Å². The number of ether oxygens (including phenoxy) is 2. The number of halogens is 1. The van der Waals surface area contributed by atoms with Crippen LogP contribution in [0.4, 0.5) is 4.39 Å². The molecule has 0 aliphatic carbocycles. The zero-order valence-corrected chi connectivity index (χ0v) is 13.2. The summed E-state index contributed by atoms with van der Waals surface area (Å²) in [7, 11) is 1.38. The van der Waals surface area contributed by atoms with Crippen molar-refractivity contribution in [2.75, 3.05) is 13.7 Å². The van der Waals surface area contributed by atoms with Gasteiger partial charge in [-0.15, -0.1) is 0 Å². The van der Waals surface area contributed by atoms with Crippen molar-refractivity contribution in [2.24, 2.45) is 0 Å². The fourth-order valence-electron chi connectivity index (χ4n) is 2.16. The highest BCUT2D eigenvalue weighted by Crippen LogP contribution is 2.20. The SMILES string of the molecule is COc1ccc(F)cc1C(=O)COC(=O)c1cccc(C)c1C. The highest BCUT2D eigenvalue weighted by atomic mass is 19.1. The molecule has 2 aromatic carbocycles. The Hall–Kier alpha value is -2.69. The molecule has 4 nitrogen and oxygen atoms in total. The Balaban J connectivity index is 2.12. The summed E-state index contributed by atoms with van der Waals surface area (Å²) in [6.07, 6.45) is 0. The standard InChI is InChI=1S/C18H17FO4/c1-11-5-4-6-14(12(11)2)18(21)23-10-16(20)15-9-13(19)7-8-17(15)22-3/h4-9H,10H2,1-3H3. The number of esters is 1. The lowest BCUT2D eigenvalue weighted by molar-refractivity contribution is 0.0473. The zero-order chi connectivity index (χ0) is 17.0. The lowest BCUT2D eigenvalue weighted by Crippen LogP contribution is -2.16. The van der Waals surface area contributed by atoms with E-state index in [1.165, 1.54) is 19.2 Å². The van der Waals surface area contributed by atoms with Crippen LogP contribution >= 0.6 is 0 Å². The van der Waals surface area contributed by atoms with E-state index in [-0.39, 0.29) is 11.3 Å². The second kappa shape index (κ2) is 7.05. The van der Waals surface area contributed by atoms with Crippen LogP contribution in [0.1, 0.15) is 31.8 Å². The van der Waals surface area contributed by atoms with Gasteiger partial charge in [0.15, 0.2) is 6.61 Å². The summed E-state index contributed by atoms with van der Waals surface area (Å²) in [5, 5.41) is 0. The van der Waals surface area contributed by atoms with Gasteiger partial charge in [0.1, 0.15) is 11.6 Å². The maximum atomic E-state index is 13.3. The van der Waals surface area contributed by atoms with Gasteiger partial charge in [-0.25, -0.2) is 9.18 Å². The first-order valence-electron chi connectivity index (χ1n) is 7.04. The van der Waals surface area contributed by atoms with E-state index >= 15 is 0 Å². The lowest BCUT2D eigenvalue weighted by atomic mass is 10.0. The normalized spacial score (nSPS) is 10.3. The van der Waals surface area contributed by atoms with Crippen LogP contribution in [0.25, 0.3) is 0 Å². The quantitative estimate of drug-likeness (QED) is 0.626. The average molecular weight is 316 g/mol. The molecule has 0 aliphatic heterocycles. The predicted molar refractivity (Wildman–Crippen MR) is 83.5 cm³/mol. The number of hydrogen-bond donors (Lipinski definition) is 0. The van der Waals surface area contributed by atoms with E-state index < -0.39 is 24.2 Å². The van der Waals surface area contributed by atoms with E-state index in [2.05, 4.69) is 0 Å². The highest BCUT2D eigenvalue weighted by molar-refractivity contribution is 6.01. The maximum absolute atomic E-state index is 13.3. The largest absolute Gasteiger partial charge is 0.496 e. The molecule has 0 fully saturated rings. The Morgan fingerprint density at radius 3 is 2.52 bits per heavy atom. The summed E-state index contributed by atoms with van der Waals surface area (Å²) in [6, 6.07) is 8.88. The second-order valence-electron chi connectivity index (χ2n) is 5.09. The van der Waals surface area contributed by atoms with Gasteiger partial charge in [-0.3, -0.25) is 4.79 Å². The van der Waals surface area contributed by atoms with Crippen molar-refractivity contribution in [2.45, 2.75) is 13.8 Å². The number of aryl methyl sites for hydroxylation is 1. The van der Waals surface area contributed by atoms with Gasteiger partial charge in [0.2, 0.25) is 5.78 Å². The van der Waals surface area contributed by atoms with Gasteiger partial charge in [-0.1, -0.05) is 12.1 Å². The number of carbonyl (C=O) groups excluding carboxylic acids is 2. The molecule has 2 rings (SSSR count). The Kier molecular flexibility index (Phi) is 5.11. The zero-order valence-electron chi connectivity index (χ0n) is 13.2. The Bertz CT molecular complexity index is 753. The summed E-state index contributed by atoms with van der Waals surface area (Å²) < 4.78 is 23.4. The Morgan fingerprint density at radius 2 is 1.83 bits per heavy atom. The summed E-state index contributed by atoms with van der Waals surface area (Å²) in [4.78, 5) is 24.2. The maximum Gasteiger partial charge on any atom is 0.338 e. The molecular weight excluding hydrogens is 299 g/mol. The molecule has 0 atom stereocenters. The lowest BCUT2D eigenvalue weighted by Gasteiger charge is -2.10. The smallest absolute Gasteiger partial charge is 0.338 e. The molecule has 23 heavy (non-hydrogen) atoms. The predicted octanol–water partition coefficient (Wildman–Crippen LogP) is 3.49. The first kappa shape index (κ1) is 16.7. The molecule has 120 valence electrons. The number of carbonyl (C=O) groups is 2. The fraction of sp³-hybridized carbons (Fsp3) is 0.222. The van der Waals surface area contributed by atoms with Gasteiger partial charge in [-0.05, 0) is 49.2 Å². The first-order chi connectivity index (χ1) is 10.9. The van der Waals surface area contributed by atoms with Crippen molar-refractivity contribution in [1.82, 2.24) is 0 Å². The van der Waals surface area contributed by atoms with Crippen molar-refractivity contribution in [3.05, 3.63) is 64.5 Å². The van der Waals surface area contributed by atoms with Crippen LogP contribution in [-0.4, -0.2) is 25.5 Å². The van der Waals surface area contributed by atoms with Crippen LogP contribution in [0, 0.1) is 19.7 Å². The van der Waals surface area contributed by atoms with E-state index in [0.717, 1.165) is 17.2 Å². The fourth-order valence-corrected chi connectivity index (χ4v) is 2.16. The molecule has 5 heteroatoms. The van der Waals surface area contributed by atoms with Gasteiger partial charge in [0, 0.05) is 0 Å². The number of methoxy groups -OCH3 is 1. The summed E-state index contributed by atoms with van der Waals surface area (Å²) >= 11 is 0. The van der Waals surface area contributed by atoms with Crippen LogP contribution in [-0.2, 0) is 4.74 Å². The minimum atomic E-state index is -0.588. The molecular formula is C18H17FO4. The molecule has 0 saturated carbocycles. The summed E-state index contributed by atoms with van der Waals surface area (Å²) in [6.45, 7) is 3.21. The Labute approximate surface area is 133 Å². The number of rotatable bonds is 5. The molecule has 0 aromatic heterocycles. The van der Waals surface area contributed by atoms with Crippen molar-refractivity contribution >= 4 is 11.8 Å². The van der Waals surface area contributed by atoms with E-state index in [4.69, 9.17) is 9.47 Å². The van der Waals surface area contributed by atoms with Gasteiger partial charge >= 0.3 is 5.97 Å². The molecule has 0 unspecified atom stereocenters. The molecule has 0 N–H and O–H groups in total. The van der Waals surface area contributed by atoms with Gasteiger partial charge < -0.3 is 9.47 Å². The molecule has 0 spiro atoms. The van der Waals surface area contributed by atoms with Gasteiger partial charge in [0.05, 0.1) is 18.2 Å². The minimum absolute atomic E-state index is 0.0428. The molecule has 0 amide bonds. The second-order valence-corrected chi connectivity index (χ2v) is 5.09. The molecule has 0 saturated heterocycles. The van der Waals surface area contributed by atoms with E-state index in [0.29, 0.717) is 5.56 Å². The van der Waals surface area contributed by atoms with Crippen molar-refractivity contribution < 1.29 is 23.5 Å². The van der Waals surface area contributed by atoms with Crippen LogP contribution in [0.3, 0.4) is 0 Å². The molecule has 0 radical (unpaired) electrons. The molecule has 0 aliphatic rings. The highest BCUT2D eigenvalue weighted by Gasteiger charge is 2.17. The van der Waals surface area contributed by atoms with E-state index in [1.54, 1.807) is 12.1 Å².